The first kappa shape index (κ1) is 14.3. The number of benzene rings is 2. The summed E-state index contributed by atoms with van der Waals surface area (Å²) in [5.41, 5.74) is 5.89. The quantitative estimate of drug-likeness (QED) is 0.917. The van der Waals surface area contributed by atoms with Crippen molar-refractivity contribution >= 4 is 5.69 Å². The van der Waals surface area contributed by atoms with Crippen LogP contribution in [0.4, 0.5) is 10.1 Å². The van der Waals surface area contributed by atoms with E-state index in [0.29, 0.717) is 23.3 Å². The maximum atomic E-state index is 14.6. The molecule has 0 amide bonds. The van der Waals surface area contributed by atoms with Crippen LogP contribution in [0.15, 0.2) is 30.3 Å². The molecule has 2 aromatic carbocycles. The van der Waals surface area contributed by atoms with Gasteiger partial charge in [-0.3, -0.25) is 0 Å². The van der Waals surface area contributed by atoms with E-state index in [2.05, 4.69) is 22.3 Å². The minimum absolute atomic E-state index is 0.215. The van der Waals surface area contributed by atoms with Gasteiger partial charge in [-0.2, -0.15) is 0 Å². The molecular formula is C20H21FN2O. The summed E-state index contributed by atoms with van der Waals surface area (Å²) in [6.07, 6.45) is 2.27. The van der Waals surface area contributed by atoms with Crippen LogP contribution < -0.4 is 15.0 Å². The van der Waals surface area contributed by atoms with Crippen LogP contribution in [0.3, 0.4) is 0 Å². The van der Waals surface area contributed by atoms with Crippen LogP contribution in [0.5, 0.6) is 5.75 Å². The van der Waals surface area contributed by atoms with Gasteiger partial charge >= 0.3 is 0 Å². The van der Waals surface area contributed by atoms with Crippen molar-refractivity contribution in [1.29, 1.82) is 0 Å². The Morgan fingerprint density at radius 1 is 1.25 bits per heavy atom. The highest BCUT2D eigenvalue weighted by Gasteiger charge is 2.43. The van der Waals surface area contributed by atoms with Gasteiger partial charge in [0.1, 0.15) is 11.6 Å². The Morgan fingerprint density at radius 2 is 2.17 bits per heavy atom. The van der Waals surface area contributed by atoms with E-state index in [-0.39, 0.29) is 5.82 Å². The molecule has 0 aliphatic carbocycles. The summed E-state index contributed by atoms with van der Waals surface area (Å²) in [5.74, 6) is 0.881. The van der Waals surface area contributed by atoms with Gasteiger partial charge in [0, 0.05) is 42.4 Å². The van der Waals surface area contributed by atoms with Gasteiger partial charge in [0.15, 0.2) is 0 Å². The zero-order valence-electron chi connectivity index (χ0n) is 13.8. The normalized spacial score (nSPS) is 24.0. The lowest BCUT2D eigenvalue weighted by atomic mass is 9.87. The van der Waals surface area contributed by atoms with Crippen molar-refractivity contribution < 1.29 is 9.13 Å². The fourth-order valence-electron chi connectivity index (χ4n) is 4.77. The lowest BCUT2D eigenvalue weighted by Gasteiger charge is -2.32. The highest BCUT2D eigenvalue weighted by molar-refractivity contribution is 5.78. The smallest absolute Gasteiger partial charge is 0.134 e. The van der Waals surface area contributed by atoms with Gasteiger partial charge in [0.25, 0.3) is 0 Å². The first-order valence-corrected chi connectivity index (χ1v) is 8.74. The number of rotatable bonds is 2. The molecule has 0 bridgehead atoms. The van der Waals surface area contributed by atoms with Gasteiger partial charge in [-0.15, -0.1) is 0 Å². The van der Waals surface area contributed by atoms with E-state index in [4.69, 9.17) is 4.74 Å². The molecule has 0 radical (unpaired) electrons. The fraction of sp³-hybridized carbons (Fsp3) is 0.400. The summed E-state index contributed by atoms with van der Waals surface area (Å²) in [6, 6.07) is 10.2. The molecule has 0 unspecified atom stereocenters. The lowest BCUT2D eigenvalue weighted by molar-refractivity contribution is 0.405. The molecule has 5 rings (SSSR count). The second kappa shape index (κ2) is 5.21. The molecule has 124 valence electrons. The highest BCUT2D eigenvalue weighted by atomic mass is 19.1. The molecule has 0 spiro atoms. The molecule has 4 heteroatoms. The summed E-state index contributed by atoms with van der Waals surface area (Å²) < 4.78 is 19.7. The summed E-state index contributed by atoms with van der Waals surface area (Å²) >= 11 is 0. The van der Waals surface area contributed by atoms with Crippen molar-refractivity contribution in [2.75, 3.05) is 31.6 Å². The summed E-state index contributed by atoms with van der Waals surface area (Å²) in [6.45, 7) is 3.24. The predicted octanol–water partition coefficient (Wildman–Crippen LogP) is 3.32. The van der Waals surface area contributed by atoms with E-state index >= 15 is 0 Å². The van der Waals surface area contributed by atoms with Crippen LogP contribution >= 0.6 is 0 Å². The number of piperidine rings is 1. The number of methoxy groups -OCH3 is 1. The van der Waals surface area contributed by atoms with Crippen LogP contribution in [0.1, 0.15) is 23.5 Å². The average molecular weight is 324 g/mol. The molecule has 2 atom stereocenters. The molecule has 1 saturated heterocycles. The molecule has 0 saturated carbocycles. The Hall–Kier alpha value is -2.07. The van der Waals surface area contributed by atoms with Gasteiger partial charge in [-0.25, -0.2) is 4.39 Å². The second-order valence-electron chi connectivity index (χ2n) is 7.03. The molecule has 2 aromatic rings. The lowest BCUT2D eigenvalue weighted by Crippen LogP contribution is -2.43. The number of fused-ring (bicyclic) bond motifs is 3. The number of nitrogens with zero attached hydrogens (tertiary/aromatic N) is 1. The van der Waals surface area contributed by atoms with E-state index in [1.54, 1.807) is 7.11 Å². The molecule has 3 aliphatic rings. The van der Waals surface area contributed by atoms with E-state index in [9.17, 15) is 4.39 Å². The van der Waals surface area contributed by atoms with Crippen LogP contribution in [0, 0.1) is 5.82 Å². The fourth-order valence-corrected chi connectivity index (χ4v) is 4.77. The standard InChI is InChI=1S/C20H21FN2O/c1-24-14-2-3-15(18(21)10-14)13-8-12-5-7-23-19-4-6-22-11-17(19)16(9-13)20(12)23/h2-3,8-10,17,19,22H,4-7,11H2,1H3/t17-,19-/m1/s1. The molecule has 1 N–H and O–H groups in total. The Bertz CT molecular complexity index is 820. The maximum absolute atomic E-state index is 14.6. The first-order valence-electron chi connectivity index (χ1n) is 8.74. The number of nitrogens with one attached hydrogen (secondary N) is 1. The average Bonchev–Trinajstić information content (AvgIpc) is 3.18. The molecular weight excluding hydrogens is 303 g/mol. The van der Waals surface area contributed by atoms with Crippen molar-refractivity contribution in [1.82, 2.24) is 5.32 Å². The molecule has 3 nitrogen and oxygen atoms in total. The Kier molecular flexibility index (Phi) is 3.10. The predicted molar refractivity (Wildman–Crippen MR) is 93.5 cm³/mol. The van der Waals surface area contributed by atoms with Crippen molar-refractivity contribution in [3.05, 3.63) is 47.3 Å². The van der Waals surface area contributed by atoms with Crippen LogP contribution in [0.2, 0.25) is 0 Å². The monoisotopic (exact) mass is 324 g/mol. The van der Waals surface area contributed by atoms with Crippen LogP contribution in [-0.2, 0) is 6.42 Å². The summed E-state index contributed by atoms with van der Waals surface area (Å²) in [7, 11) is 1.56. The number of ether oxygens (including phenoxy) is 1. The number of anilines is 1. The van der Waals surface area contributed by atoms with Crippen molar-refractivity contribution in [3.63, 3.8) is 0 Å². The molecule has 3 aliphatic heterocycles. The third kappa shape index (κ3) is 1.92. The van der Waals surface area contributed by atoms with E-state index < -0.39 is 0 Å². The Balaban J connectivity index is 1.64. The van der Waals surface area contributed by atoms with Gasteiger partial charge in [-0.1, -0.05) is 0 Å². The summed E-state index contributed by atoms with van der Waals surface area (Å²) in [5, 5.41) is 3.53. The van der Waals surface area contributed by atoms with Gasteiger partial charge in [0.05, 0.1) is 7.11 Å². The zero-order valence-corrected chi connectivity index (χ0v) is 13.8. The summed E-state index contributed by atoms with van der Waals surface area (Å²) in [4.78, 5) is 2.60. The molecule has 0 aromatic heterocycles. The van der Waals surface area contributed by atoms with Gasteiger partial charge in [0.2, 0.25) is 0 Å². The maximum Gasteiger partial charge on any atom is 0.134 e. The minimum Gasteiger partial charge on any atom is -0.497 e. The highest BCUT2D eigenvalue weighted by Crippen LogP contribution is 2.50. The van der Waals surface area contributed by atoms with E-state index in [1.165, 1.54) is 29.3 Å². The number of hydrogen-bond donors (Lipinski definition) is 1. The van der Waals surface area contributed by atoms with Crippen LogP contribution in [0.25, 0.3) is 11.1 Å². The molecule has 24 heavy (non-hydrogen) atoms. The van der Waals surface area contributed by atoms with E-state index in [1.807, 2.05) is 12.1 Å². The van der Waals surface area contributed by atoms with E-state index in [0.717, 1.165) is 31.6 Å². The topological polar surface area (TPSA) is 24.5 Å². The van der Waals surface area contributed by atoms with Crippen molar-refractivity contribution in [2.24, 2.45) is 0 Å². The van der Waals surface area contributed by atoms with Crippen LogP contribution in [-0.4, -0.2) is 32.8 Å². The third-order valence-electron chi connectivity index (χ3n) is 5.86. The molecule has 3 heterocycles. The van der Waals surface area contributed by atoms with Gasteiger partial charge in [-0.05, 0) is 60.3 Å². The second-order valence-corrected chi connectivity index (χ2v) is 7.03. The minimum atomic E-state index is -0.215. The third-order valence-corrected chi connectivity index (χ3v) is 5.86. The largest absolute Gasteiger partial charge is 0.497 e. The SMILES string of the molecule is COc1ccc(-c2cc3c4c(c2)[C@H]2CNCC[C@H]2N4CC3)c(F)c1. The van der Waals surface area contributed by atoms with Crippen molar-refractivity contribution in [3.8, 4) is 16.9 Å². The number of halogens is 1. The Labute approximate surface area is 141 Å². The zero-order chi connectivity index (χ0) is 16.3. The van der Waals surface area contributed by atoms with Gasteiger partial charge < -0.3 is 15.0 Å². The first-order chi connectivity index (χ1) is 11.8. The molecule has 1 fully saturated rings. The Morgan fingerprint density at radius 3 is 3.00 bits per heavy atom. The van der Waals surface area contributed by atoms with Crippen molar-refractivity contribution in [2.45, 2.75) is 24.8 Å². The number of hydrogen-bond acceptors (Lipinski definition) is 3.